The van der Waals surface area contributed by atoms with Crippen LogP contribution < -0.4 is 10.1 Å². The van der Waals surface area contributed by atoms with Gasteiger partial charge in [-0.05, 0) is 66.8 Å². The Morgan fingerprint density at radius 1 is 1.31 bits per heavy atom. The average molecular weight is 393 g/mol. The van der Waals surface area contributed by atoms with Crippen LogP contribution in [0, 0.1) is 17.2 Å². The van der Waals surface area contributed by atoms with Crippen LogP contribution in [0.4, 0.5) is 0 Å². The van der Waals surface area contributed by atoms with Gasteiger partial charge < -0.3 is 15.2 Å². The van der Waals surface area contributed by atoms with Crippen molar-refractivity contribution in [1.29, 1.82) is 5.26 Å². The first-order valence-corrected chi connectivity index (χ1v) is 9.90. The van der Waals surface area contributed by atoms with Crippen molar-refractivity contribution < 1.29 is 14.6 Å². The minimum absolute atomic E-state index is 0.0775. The van der Waals surface area contributed by atoms with Crippen LogP contribution in [-0.2, 0) is 13.0 Å². The van der Waals surface area contributed by atoms with Crippen molar-refractivity contribution in [1.82, 2.24) is 10.2 Å². The number of aliphatic hydroxyl groups is 1. The second-order valence-corrected chi connectivity index (χ2v) is 7.41. The van der Waals surface area contributed by atoms with Crippen LogP contribution in [0.25, 0.3) is 0 Å². The number of aliphatic hydroxyl groups excluding tert-OH is 1. The van der Waals surface area contributed by atoms with E-state index in [9.17, 15) is 4.79 Å². The summed E-state index contributed by atoms with van der Waals surface area (Å²) in [6, 6.07) is 15.4. The monoisotopic (exact) mass is 393 g/mol. The van der Waals surface area contributed by atoms with E-state index < -0.39 is 0 Å². The van der Waals surface area contributed by atoms with Gasteiger partial charge >= 0.3 is 0 Å². The molecule has 1 atom stereocenters. The molecule has 6 heteroatoms. The van der Waals surface area contributed by atoms with E-state index in [2.05, 4.69) is 16.3 Å². The molecule has 2 aromatic rings. The molecule has 152 valence electrons. The molecule has 1 unspecified atom stereocenters. The van der Waals surface area contributed by atoms with Crippen molar-refractivity contribution in [2.45, 2.75) is 19.4 Å². The Kier molecular flexibility index (Phi) is 7.23. The van der Waals surface area contributed by atoms with E-state index >= 15 is 0 Å². The maximum atomic E-state index is 12.2. The fourth-order valence-electron chi connectivity index (χ4n) is 3.83. The molecule has 2 N–H and O–H groups in total. The number of rotatable bonds is 8. The van der Waals surface area contributed by atoms with E-state index in [0.717, 1.165) is 43.8 Å². The standard InChI is InChI=1S/C23H27N3O3/c1-29-22-7-6-20(23(28)25-9-11-27)13-21(22)12-19-8-10-26(16-19)15-18-4-2-17(14-24)3-5-18/h2-7,13,19,27H,8-12,15-16H2,1H3,(H,25,28). The van der Waals surface area contributed by atoms with Crippen molar-refractivity contribution >= 4 is 5.91 Å². The smallest absolute Gasteiger partial charge is 0.251 e. The van der Waals surface area contributed by atoms with Gasteiger partial charge in [0.2, 0.25) is 0 Å². The van der Waals surface area contributed by atoms with Crippen molar-refractivity contribution in [3.05, 3.63) is 64.7 Å². The van der Waals surface area contributed by atoms with Crippen LogP contribution in [0.2, 0.25) is 0 Å². The predicted octanol–water partition coefficient (Wildman–Crippen LogP) is 2.35. The Bertz CT molecular complexity index is 874. The van der Waals surface area contributed by atoms with Crippen LogP contribution >= 0.6 is 0 Å². The van der Waals surface area contributed by atoms with Crippen LogP contribution in [0.15, 0.2) is 42.5 Å². The third-order valence-corrected chi connectivity index (χ3v) is 5.31. The molecule has 2 aromatic carbocycles. The van der Waals surface area contributed by atoms with Gasteiger partial charge in [-0.25, -0.2) is 0 Å². The molecule has 1 amide bonds. The Morgan fingerprint density at radius 2 is 2.10 bits per heavy atom. The Hall–Kier alpha value is -2.88. The molecular formula is C23H27N3O3. The van der Waals surface area contributed by atoms with E-state index in [-0.39, 0.29) is 19.1 Å². The van der Waals surface area contributed by atoms with Gasteiger partial charge in [0.1, 0.15) is 5.75 Å². The lowest BCUT2D eigenvalue weighted by Crippen LogP contribution is -2.26. The lowest BCUT2D eigenvalue weighted by atomic mass is 9.96. The number of benzene rings is 2. The second-order valence-electron chi connectivity index (χ2n) is 7.41. The molecule has 1 aliphatic heterocycles. The third kappa shape index (κ3) is 5.57. The summed E-state index contributed by atoms with van der Waals surface area (Å²) in [5, 5.41) is 20.5. The van der Waals surface area contributed by atoms with E-state index in [1.165, 1.54) is 5.56 Å². The SMILES string of the molecule is COc1ccc(C(=O)NCCO)cc1CC1CCN(Cc2ccc(C#N)cc2)C1. The summed E-state index contributed by atoms with van der Waals surface area (Å²) in [4.78, 5) is 14.6. The number of nitrogens with one attached hydrogen (secondary N) is 1. The first-order chi connectivity index (χ1) is 14.1. The highest BCUT2D eigenvalue weighted by atomic mass is 16.5. The first-order valence-electron chi connectivity index (χ1n) is 9.90. The fourth-order valence-corrected chi connectivity index (χ4v) is 3.83. The van der Waals surface area contributed by atoms with Gasteiger partial charge in [-0.1, -0.05) is 12.1 Å². The summed E-state index contributed by atoms with van der Waals surface area (Å²) in [6.45, 7) is 3.07. The van der Waals surface area contributed by atoms with Crippen molar-refractivity contribution in [2.75, 3.05) is 33.4 Å². The minimum atomic E-state index is -0.184. The second kappa shape index (κ2) is 10.1. The summed E-state index contributed by atoms with van der Waals surface area (Å²) in [7, 11) is 1.65. The molecule has 1 saturated heterocycles. The van der Waals surface area contributed by atoms with E-state index in [0.29, 0.717) is 17.0 Å². The molecule has 0 bridgehead atoms. The van der Waals surface area contributed by atoms with Gasteiger partial charge in [0.25, 0.3) is 5.91 Å². The van der Waals surface area contributed by atoms with Gasteiger partial charge in [0.15, 0.2) is 0 Å². The number of nitriles is 1. The highest BCUT2D eigenvalue weighted by Crippen LogP contribution is 2.28. The normalized spacial score (nSPS) is 16.4. The topological polar surface area (TPSA) is 85.6 Å². The third-order valence-electron chi connectivity index (χ3n) is 5.31. The van der Waals surface area contributed by atoms with Crippen molar-refractivity contribution in [3.63, 3.8) is 0 Å². The lowest BCUT2D eigenvalue weighted by Gasteiger charge is -2.17. The van der Waals surface area contributed by atoms with Crippen LogP contribution in [-0.4, -0.2) is 49.3 Å². The largest absolute Gasteiger partial charge is 0.496 e. The van der Waals surface area contributed by atoms with E-state index in [1.807, 2.05) is 36.4 Å². The number of methoxy groups -OCH3 is 1. The molecule has 1 aliphatic rings. The number of ether oxygens (including phenoxy) is 1. The molecule has 3 rings (SSSR count). The van der Waals surface area contributed by atoms with Crippen LogP contribution in [0.3, 0.4) is 0 Å². The van der Waals surface area contributed by atoms with E-state index in [4.69, 9.17) is 15.1 Å². The Labute approximate surface area is 171 Å². The average Bonchev–Trinajstić information content (AvgIpc) is 3.19. The summed E-state index contributed by atoms with van der Waals surface area (Å²) in [6.07, 6.45) is 1.95. The molecule has 0 aliphatic carbocycles. The minimum Gasteiger partial charge on any atom is -0.496 e. The van der Waals surface area contributed by atoms with Crippen LogP contribution in [0.5, 0.6) is 5.75 Å². The molecule has 1 fully saturated rings. The van der Waals surface area contributed by atoms with Gasteiger partial charge in [0, 0.05) is 25.2 Å². The highest BCUT2D eigenvalue weighted by molar-refractivity contribution is 5.94. The van der Waals surface area contributed by atoms with Gasteiger partial charge in [-0.15, -0.1) is 0 Å². The number of hydrogen-bond donors (Lipinski definition) is 2. The quantitative estimate of drug-likeness (QED) is 0.719. The molecule has 0 radical (unpaired) electrons. The molecule has 0 spiro atoms. The van der Waals surface area contributed by atoms with Gasteiger partial charge in [-0.2, -0.15) is 5.26 Å². The van der Waals surface area contributed by atoms with Crippen LogP contribution in [0.1, 0.15) is 33.5 Å². The highest BCUT2D eigenvalue weighted by Gasteiger charge is 2.24. The van der Waals surface area contributed by atoms with Crippen molar-refractivity contribution in [2.24, 2.45) is 5.92 Å². The lowest BCUT2D eigenvalue weighted by molar-refractivity contribution is 0.0944. The number of carbonyl (C=O) groups is 1. The Morgan fingerprint density at radius 3 is 2.79 bits per heavy atom. The maximum Gasteiger partial charge on any atom is 0.251 e. The molecule has 29 heavy (non-hydrogen) atoms. The summed E-state index contributed by atoms with van der Waals surface area (Å²) >= 11 is 0. The first kappa shape index (κ1) is 20.8. The summed E-state index contributed by atoms with van der Waals surface area (Å²) in [5.74, 6) is 1.11. The number of nitrogens with zero attached hydrogens (tertiary/aromatic N) is 2. The molecule has 0 aromatic heterocycles. The molecular weight excluding hydrogens is 366 g/mol. The van der Waals surface area contributed by atoms with E-state index in [1.54, 1.807) is 13.2 Å². The zero-order chi connectivity index (χ0) is 20.6. The number of amides is 1. The zero-order valence-corrected chi connectivity index (χ0v) is 16.7. The molecule has 1 heterocycles. The van der Waals surface area contributed by atoms with Crippen molar-refractivity contribution in [3.8, 4) is 11.8 Å². The number of hydrogen-bond acceptors (Lipinski definition) is 5. The number of carbonyl (C=O) groups excluding carboxylic acids is 1. The fraction of sp³-hybridized carbons (Fsp3) is 0.391. The Balaban J connectivity index is 1.62. The molecule has 0 saturated carbocycles. The number of likely N-dealkylation sites (tertiary alicyclic amines) is 1. The van der Waals surface area contributed by atoms with Gasteiger partial charge in [0.05, 0.1) is 25.3 Å². The summed E-state index contributed by atoms with van der Waals surface area (Å²) < 4.78 is 5.50. The maximum absolute atomic E-state index is 12.2. The summed E-state index contributed by atoms with van der Waals surface area (Å²) in [5.41, 5.74) is 3.52. The zero-order valence-electron chi connectivity index (χ0n) is 16.7. The predicted molar refractivity (Wildman–Crippen MR) is 111 cm³/mol. The molecule has 6 nitrogen and oxygen atoms in total. The van der Waals surface area contributed by atoms with Gasteiger partial charge in [-0.3, -0.25) is 9.69 Å².